The lowest BCUT2D eigenvalue weighted by Gasteiger charge is -2.38. The van der Waals surface area contributed by atoms with Gasteiger partial charge in [0.05, 0.1) is 18.1 Å². The van der Waals surface area contributed by atoms with Gasteiger partial charge in [-0.05, 0) is 25.3 Å². The van der Waals surface area contributed by atoms with Crippen molar-refractivity contribution in [2.45, 2.75) is 37.3 Å². The molecule has 0 aliphatic carbocycles. The molecule has 2 saturated heterocycles. The lowest BCUT2D eigenvalue weighted by atomic mass is 9.88. The fourth-order valence-corrected chi connectivity index (χ4v) is 5.44. The van der Waals surface area contributed by atoms with Crippen molar-refractivity contribution in [3.8, 4) is 0 Å². The molecule has 140 valence electrons. The number of carbonyl (C=O) groups excluding carboxylic acids is 1. The Morgan fingerprint density at radius 1 is 1.35 bits per heavy atom. The van der Waals surface area contributed by atoms with E-state index in [9.17, 15) is 13.2 Å². The normalized spacial score (nSPS) is 30.1. The van der Waals surface area contributed by atoms with Crippen molar-refractivity contribution in [2.75, 3.05) is 29.5 Å². The summed E-state index contributed by atoms with van der Waals surface area (Å²) in [5.41, 5.74) is -0.226. The number of oxime groups is 1. The molecule has 2 fully saturated rings. The molecule has 4 heterocycles. The Balaban J connectivity index is 1.38. The van der Waals surface area contributed by atoms with Crippen LogP contribution in [0.25, 0.3) is 0 Å². The Hall–Kier alpha value is -2.23. The molecule has 1 N–H and O–H groups in total. The summed E-state index contributed by atoms with van der Waals surface area (Å²) >= 11 is 0. The Morgan fingerprint density at radius 2 is 2.15 bits per heavy atom. The quantitative estimate of drug-likeness (QED) is 0.780. The van der Waals surface area contributed by atoms with E-state index in [0.29, 0.717) is 31.0 Å². The summed E-state index contributed by atoms with van der Waals surface area (Å²) in [5, 5.41) is 6.78. The second-order valence-corrected chi connectivity index (χ2v) is 9.37. The molecule has 0 aromatic carbocycles. The molecular formula is C16H21N5O4S. The summed E-state index contributed by atoms with van der Waals surface area (Å²) in [6, 6.07) is 1.43. The highest BCUT2D eigenvalue weighted by Crippen LogP contribution is 2.34. The third-order valence-corrected chi connectivity index (χ3v) is 6.81. The van der Waals surface area contributed by atoms with Crippen molar-refractivity contribution in [3.05, 3.63) is 18.5 Å². The Morgan fingerprint density at radius 3 is 2.88 bits per heavy atom. The van der Waals surface area contributed by atoms with E-state index in [2.05, 4.69) is 20.4 Å². The molecule has 9 nitrogen and oxygen atoms in total. The molecule has 1 spiro atoms. The van der Waals surface area contributed by atoms with Crippen molar-refractivity contribution < 1.29 is 18.0 Å². The number of nitrogens with zero attached hydrogens (tertiary/aromatic N) is 4. The minimum atomic E-state index is -3.04. The molecule has 1 aromatic rings. The van der Waals surface area contributed by atoms with E-state index in [1.54, 1.807) is 18.5 Å². The van der Waals surface area contributed by atoms with Gasteiger partial charge in [-0.15, -0.1) is 0 Å². The Bertz CT molecular complexity index is 828. The van der Waals surface area contributed by atoms with E-state index >= 15 is 0 Å². The van der Waals surface area contributed by atoms with Crippen molar-refractivity contribution >= 4 is 27.4 Å². The van der Waals surface area contributed by atoms with E-state index < -0.39 is 15.4 Å². The third kappa shape index (κ3) is 3.50. The topological polar surface area (TPSA) is 114 Å². The van der Waals surface area contributed by atoms with Crippen molar-refractivity contribution in [3.63, 3.8) is 0 Å². The molecule has 26 heavy (non-hydrogen) atoms. The first-order valence-electron chi connectivity index (χ1n) is 8.73. The molecule has 10 heteroatoms. The highest BCUT2D eigenvalue weighted by atomic mass is 32.2. The van der Waals surface area contributed by atoms with Crippen molar-refractivity contribution in [1.82, 2.24) is 15.3 Å². The maximum atomic E-state index is 12.4. The van der Waals surface area contributed by atoms with Gasteiger partial charge in [0.1, 0.15) is 5.71 Å². The van der Waals surface area contributed by atoms with Gasteiger partial charge in [-0.2, -0.15) is 0 Å². The average Bonchev–Trinajstić information content (AvgIpc) is 3.19. The number of piperidine rings is 1. The minimum absolute atomic E-state index is 0.00283. The van der Waals surface area contributed by atoms with Crippen LogP contribution in [0, 0.1) is 0 Å². The van der Waals surface area contributed by atoms with Crippen LogP contribution in [0.1, 0.15) is 25.7 Å². The number of hydrogen-bond donors (Lipinski definition) is 1. The molecule has 1 amide bonds. The predicted octanol–water partition coefficient (Wildman–Crippen LogP) is -0.105. The lowest BCUT2D eigenvalue weighted by Crippen LogP contribution is -2.50. The van der Waals surface area contributed by atoms with Gasteiger partial charge in [-0.1, -0.05) is 5.16 Å². The SMILES string of the molecule is O=C(NC1CCS(=O)(=O)C1)C1=NOC2(CCCN(c3ncccn3)C2)C1. The minimum Gasteiger partial charge on any atom is -0.386 e. The van der Waals surface area contributed by atoms with Crippen LogP contribution in [0.3, 0.4) is 0 Å². The number of aromatic nitrogens is 2. The van der Waals surface area contributed by atoms with E-state index in [1.165, 1.54) is 0 Å². The van der Waals surface area contributed by atoms with Crippen LogP contribution in [0.15, 0.2) is 23.6 Å². The molecular weight excluding hydrogens is 358 g/mol. The number of anilines is 1. The molecule has 2 unspecified atom stereocenters. The Kier molecular flexibility index (Phi) is 4.29. The zero-order valence-electron chi connectivity index (χ0n) is 14.3. The van der Waals surface area contributed by atoms with Crippen LogP contribution >= 0.6 is 0 Å². The van der Waals surface area contributed by atoms with E-state index in [4.69, 9.17) is 4.84 Å². The molecule has 0 saturated carbocycles. The summed E-state index contributed by atoms with van der Waals surface area (Å²) in [6.07, 6.45) is 5.94. The average molecular weight is 379 g/mol. The number of carbonyl (C=O) groups is 1. The number of amides is 1. The highest BCUT2D eigenvalue weighted by Gasteiger charge is 2.45. The first-order valence-corrected chi connectivity index (χ1v) is 10.6. The Labute approximate surface area is 151 Å². The molecule has 3 aliphatic rings. The molecule has 1 aromatic heterocycles. The van der Waals surface area contributed by atoms with Crippen molar-refractivity contribution in [2.24, 2.45) is 5.16 Å². The van der Waals surface area contributed by atoms with Crippen LogP contribution in [0.5, 0.6) is 0 Å². The van der Waals surface area contributed by atoms with Gasteiger partial charge in [0.2, 0.25) is 5.95 Å². The monoisotopic (exact) mass is 379 g/mol. The highest BCUT2D eigenvalue weighted by molar-refractivity contribution is 7.91. The van der Waals surface area contributed by atoms with Gasteiger partial charge in [-0.25, -0.2) is 18.4 Å². The second-order valence-electron chi connectivity index (χ2n) is 7.14. The van der Waals surface area contributed by atoms with Crippen LogP contribution in [-0.4, -0.2) is 66.2 Å². The standard InChI is InChI=1S/C16H21N5O4S/c22-14(19-12-3-8-26(23,24)10-12)13-9-16(25-20-13)4-1-7-21(11-16)15-17-5-2-6-18-15/h2,5-6,12H,1,3-4,7-11H2,(H,19,22). The van der Waals surface area contributed by atoms with Crippen LogP contribution < -0.4 is 10.2 Å². The first kappa shape index (κ1) is 17.2. The molecule has 3 aliphatic heterocycles. The molecule has 0 bridgehead atoms. The summed E-state index contributed by atoms with van der Waals surface area (Å²) < 4.78 is 23.1. The zero-order chi connectivity index (χ0) is 18.2. The van der Waals surface area contributed by atoms with E-state index in [1.807, 2.05) is 4.90 Å². The van der Waals surface area contributed by atoms with Gasteiger partial charge in [0.25, 0.3) is 5.91 Å². The van der Waals surface area contributed by atoms with Gasteiger partial charge < -0.3 is 15.1 Å². The van der Waals surface area contributed by atoms with Crippen molar-refractivity contribution in [1.29, 1.82) is 0 Å². The number of nitrogens with one attached hydrogen (secondary N) is 1. The summed E-state index contributed by atoms with van der Waals surface area (Å²) in [7, 11) is -3.04. The smallest absolute Gasteiger partial charge is 0.269 e. The largest absolute Gasteiger partial charge is 0.386 e. The lowest BCUT2D eigenvalue weighted by molar-refractivity contribution is -0.115. The maximum Gasteiger partial charge on any atom is 0.269 e. The zero-order valence-corrected chi connectivity index (χ0v) is 15.1. The number of sulfone groups is 1. The number of rotatable bonds is 3. The van der Waals surface area contributed by atoms with E-state index in [0.717, 1.165) is 19.4 Å². The molecule has 4 rings (SSSR count). The predicted molar refractivity (Wildman–Crippen MR) is 94.5 cm³/mol. The summed E-state index contributed by atoms with van der Waals surface area (Å²) in [4.78, 5) is 28.7. The molecule has 0 radical (unpaired) electrons. The van der Waals surface area contributed by atoms with Gasteiger partial charge in [0, 0.05) is 31.4 Å². The second kappa shape index (κ2) is 6.49. The molecule has 2 atom stereocenters. The number of hydrogen-bond acceptors (Lipinski definition) is 8. The first-order chi connectivity index (χ1) is 12.4. The fourth-order valence-electron chi connectivity index (χ4n) is 3.76. The van der Waals surface area contributed by atoms with Crippen LogP contribution in [0.2, 0.25) is 0 Å². The summed E-state index contributed by atoms with van der Waals surface area (Å²) in [5.74, 6) is 0.426. The van der Waals surface area contributed by atoms with Gasteiger partial charge >= 0.3 is 0 Å². The maximum absolute atomic E-state index is 12.4. The van der Waals surface area contributed by atoms with Crippen LogP contribution in [-0.2, 0) is 19.5 Å². The fraction of sp³-hybridized carbons (Fsp3) is 0.625. The third-order valence-electron chi connectivity index (χ3n) is 5.04. The van der Waals surface area contributed by atoms with Gasteiger partial charge in [-0.3, -0.25) is 4.79 Å². The van der Waals surface area contributed by atoms with Crippen LogP contribution in [0.4, 0.5) is 5.95 Å². The van der Waals surface area contributed by atoms with Gasteiger partial charge in [0.15, 0.2) is 15.4 Å². The van der Waals surface area contributed by atoms with E-state index in [-0.39, 0.29) is 23.5 Å². The summed E-state index contributed by atoms with van der Waals surface area (Å²) in [6.45, 7) is 1.39.